The second-order valence-electron chi connectivity index (χ2n) is 4.83. The Morgan fingerprint density at radius 3 is 2.72 bits per heavy atom. The molecule has 1 heterocycles. The van der Waals surface area contributed by atoms with Gasteiger partial charge in [0.1, 0.15) is 11.6 Å². The van der Waals surface area contributed by atoms with Gasteiger partial charge in [-0.15, -0.1) is 0 Å². The molecule has 2 aromatic rings. The summed E-state index contributed by atoms with van der Waals surface area (Å²) in [4.78, 5) is 4.44. The quantitative estimate of drug-likeness (QED) is 0.762. The SMILES string of the molecule is N[C@H](Cc1ccc(O)cc1)c1n[nH]c(C2CC2)n1. The van der Waals surface area contributed by atoms with E-state index in [4.69, 9.17) is 5.73 Å². The first-order valence-corrected chi connectivity index (χ1v) is 6.18. The molecule has 1 aromatic carbocycles. The molecule has 0 aliphatic heterocycles. The molecule has 1 saturated carbocycles. The number of hydrogen-bond donors (Lipinski definition) is 3. The number of H-pyrrole nitrogens is 1. The first kappa shape index (κ1) is 11.2. The number of aromatic amines is 1. The second-order valence-corrected chi connectivity index (χ2v) is 4.83. The van der Waals surface area contributed by atoms with Crippen LogP contribution in [0.1, 0.15) is 42.0 Å². The van der Waals surface area contributed by atoms with Crippen LogP contribution >= 0.6 is 0 Å². The summed E-state index contributed by atoms with van der Waals surface area (Å²) in [6, 6.07) is 6.84. The van der Waals surface area contributed by atoms with Gasteiger partial charge < -0.3 is 10.8 Å². The average molecular weight is 244 g/mol. The van der Waals surface area contributed by atoms with Crippen molar-refractivity contribution in [1.29, 1.82) is 0 Å². The van der Waals surface area contributed by atoms with Gasteiger partial charge in [0.05, 0.1) is 6.04 Å². The van der Waals surface area contributed by atoms with Crippen molar-refractivity contribution >= 4 is 0 Å². The number of nitrogens with one attached hydrogen (secondary N) is 1. The Morgan fingerprint density at radius 2 is 2.06 bits per heavy atom. The lowest BCUT2D eigenvalue weighted by molar-refractivity contribution is 0.475. The molecule has 0 amide bonds. The van der Waals surface area contributed by atoms with Crippen LogP contribution in [-0.2, 0) is 6.42 Å². The molecule has 5 nitrogen and oxygen atoms in total. The summed E-state index contributed by atoms with van der Waals surface area (Å²) >= 11 is 0. The number of aromatic hydroxyl groups is 1. The van der Waals surface area contributed by atoms with Gasteiger partial charge in [-0.05, 0) is 37.0 Å². The normalized spacial score (nSPS) is 16.7. The van der Waals surface area contributed by atoms with E-state index < -0.39 is 0 Å². The Balaban J connectivity index is 1.69. The van der Waals surface area contributed by atoms with Crippen molar-refractivity contribution in [2.75, 3.05) is 0 Å². The van der Waals surface area contributed by atoms with Crippen molar-refractivity contribution < 1.29 is 5.11 Å². The molecule has 1 aliphatic rings. The molecule has 0 saturated heterocycles. The number of hydrogen-bond acceptors (Lipinski definition) is 4. The Labute approximate surface area is 105 Å². The van der Waals surface area contributed by atoms with Crippen LogP contribution in [0.15, 0.2) is 24.3 Å². The highest BCUT2D eigenvalue weighted by atomic mass is 16.3. The topological polar surface area (TPSA) is 87.8 Å². The highest BCUT2D eigenvalue weighted by molar-refractivity contribution is 5.26. The lowest BCUT2D eigenvalue weighted by atomic mass is 10.1. The van der Waals surface area contributed by atoms with Gasteiger partial charge in [-0.3, -0.25) is 5.10 Å². The zero-order valence-electron chi connectivity index (χ0n) is 10.0. The third-order valence-corrected chi connectivity index (χ3v) is 3.21. The molecule has 4 N–H and O–H groups in total. The fraction of sp³-hybridized carbons (Fsp3) is 0.385. The monoisotopic (exact) mass is 244 g/mol. The summed E-state index contributed by atoms with van der Waals surface area (Å²) in [6.45, 7) is 0. The number of phenols is 1. The van der Waals surface area contributed by atoms with Crippen molar-refractivity contribution in [3.05, 3.63) is 41.5 Å². The smallest absolute Gasteiger partial charge is 0.167 e. The molecule has 1 atom stereocenters. The number of aromatic nitrogens is 3. The molecule has 1 fully saturated rings. The first-order chi connectivity index (χ1) is 8.72. The zero-order valence-corrected chi connectivity index (χ0v) is 10.0. The lowest BCUT2D eigenvalue weighted by Crippen LogP contribution is -2.15. The molecular formula is C13H16N4O. The number of benzene rings is 1. The molecule has 3 rings (SSSR count). The summed E-state index contributed by atoms with van der Waals surface area (Å²) < 4.78 is 0. The fourth-order valence-corrected chi connectivity index (χ4v) is 1.97. The minimum atomic E-state index is -0.210. The largest absolute Gasteiger partial charge is 0.508 e. The van der Waals surface area contributed by atoms with Crippen molar-refractivity contribution in [3.8, 4) is 5.75 Å². The zero-order chi connectivity index (χ0) is 12.5. The molecule has 0 spiro atoms. The van der Waals surface area contributed by atoms with Crippen molar-refractivity contribution in [2.45, 2.75) is 31.2 Å². The highest BCUT2D eigenvalue weighted by Crippen LogP contribution is 2.38. The van der Waals surface area contributed by atoms with E-state index >= 15 is 0 Å². The summed E-state index contributed by atoms with van der Waals surface area (Å²) in [5.41, 5.74) is 7.16. The second kappa shape index (κ2) is 4.42. The molecule has 0 radical (unpaired) electrons. The molecule has 18 heavy (non-hydrogen) atoms. The minimum Gasteiger partial charge on any atom is -0.508 e. The van der Waals surface area contributed by atoms with Crippen LogP contribution < -0.4 is 5.73 Å². The Morgan fingerprint density at radius 1 is 1.33 bits per heavy atom. The van der Waals surface area contributed by atoms with E-state index in [-0.39, 0.29) is 11.8 Å². The predicted molar refractivity (Wildman–Crippen MR) is 67.1 cm³/mol. The summed E-state index contributed by atoms with van der Waals surface area (Å²) in [5.74, 6) is 2.46. The molecule has 1 aromatic heterocycles. The van der Waals surface area contributed by atoms with Gasteiger partial charge in [-0.2, -0.15) is 5.10 Å². The summed E-state index contributed by atoms with van der Waals surface area (Å²) in [6.07, 6.45) is 3.06. The van der Waals surface area contributed by atoms with Gasteiger partial charge in [0.25, 0.3) is 0 Å². The highest BCUT2D eigenvalue weighted by Gasteiger charge is 2.27. The predicted octanol–water partition coefficient (Wildman–Crippen LogP) is 1.63. The van der Waals surface area contributed by atoms with Crippen LogP contribution in [0, 0.1) is 0 Å². The van der Waals surface area contributed by atoms with Crippen LogP contribution in [0.2, 0.25) is 0 Å². The van der Waals surface area contributed by atoms with E-state index in [0.29, 0.717) is 18.2 Å². The van der Waals surface area contributed by atoms with Crippen molar-refractivity contribution in [2.24, 2.45) is 5.73 Å². The van der Waals surface area contributed by atoms with E-state index in [2.05, 4.69) is 15.2 Å². The Kier molecular flexibility index (Phi) is 2.76. The van der Waals surface area contributed by atoms with Gasteiger partial charge >= 0.3 is 0 Å². The number of phenolic OH excluding ortho intramolecular Hbond substituents is 1. The summed E-state index contributed by atoms with van der Waals surface area (Å²) in [5, 5.41) is 16.4. The van der Waals surface area contributed by atoms with E-state index in [9.17, 15) is 5.11 Å². The van der Waals surface area contributed by atoms with Gasteiger partial charge in [-0.25, -0.2) is 4.98 Å². The summed E-state index contributed by atoms with van der Waals surface area (Å²) in [7, 11) is 0. The number of nitrogens with two attached hydrogens (primary N) is 1. The van der Waals surface area contributed by atoms with Gasteiger partial charge in [0.2, 0.25) is 0 Å². The lowest BCUT2D eigenvalue weighted by Gasteiger charge is -2.07. The number of rotatable bonds is 4. The van der Waals surface area contributed by atoms with Crippen LogP contribution in [-0.4, -0.2) is 20.3 Å². The maximum atomic E-state index is 9.22. The van der Waals surface area contributed by atoms with Gasteiger partial charge in [0.15, 0.2) is 5.82 Å². The van der Waals surface area contributed by atoms with Gasteiger partial charge in [0, 0.05) is 5.92 Å². The molecule has 1 aliphatic carbocycles. The third kappa shape index (κ3) is 2.36. The Hall–Kier alpha value is -1.88. The van der Waals surface area contributed by atoms with Crippen LogP contribution in [0.25, 0.3) is 0 Å². The maximum absolute atomic E-state index is 9.22. The standard InChI is InChI=1S/C13H16N4O/c14-11(7-8-1-5-10(18)6-2-8)13-15-12(16-17-13)9-3-4-9/h1-2,5-6,9,11,18H,3-4,7,14H2,(H,15,16,17)/t11-/m1/s1. The average Bonchev–Trinajstić information content (AvgIpc) is 3.10. The van der Waals surface area contributed by atoms with E-state index in [1.165, 1.54) is 12.8 Å². The first-order valence-electron chi connectivity index (χ1n) is 6.18. The van der Waals surface area contributed by atoms with Gasteiger partial charge in [-0.1, -0.05) is 12.1 Å². The van der Waals surface area contributed by atoms with Crippen molar-refractivity contribution in [3.63, 3.8) is 0 Å². The molecular weight excluding hydrogens is 228 g/mol. The number of nitrogens with zero attached hydrogens (tertiary/aromatic N) is 2. The third-order valence-electron chi connectivity index (χ3n) is 3.21. The maximum Gasteiger partial charge on any atom is 0.167 e. The molecule has 94 valence electrons. The fourth-order valence-electron chi connectivity index (χ4n) is 1.97. The Bertz CT molecular complexity index is 530. The minimum absolute atomic E-state index is 0.210. The van der Waals surface area contributed by atoms with Crippen LogP contribution in [0.3, 0.4) is 0 Å². The van der Waals surface area contributed by atoms with E-state index in [1.54, 1.807) is 12.1 Å². The van der Waals surface area contributed by atoms with E-state index in [0.717, 1.165) is 11.4 Å². The van der Waals surface area contributed by atoms with Crippen LogP contribution in [0.5, 0.6) is 5.75 Å². The van der Waals surface area contributed by atoms with Crippen LogP contribution in [0.4, 0.5) is 0 Å². The molecule has 5 heteroatoms. The van der Waals surface area contributed by atoms with E-state index in [1.807, 2.05) is 12.1 Å². The van der Waals surface area contributed by atoms with Crippen molar-refractivity contribution in [1.82, 2.24) is 15.2 Å². The molecule has 0 unspecified atom stereocenters. The molecule has 0 bridgehead atoms.